The minimum absolute atomic E-state index is 0.0599. The normalized spacial score (nSPS) is 25.6. The number of carbonyl (C=O) groups excluding carboxylic acids is 3. The van der Waals surface area contributed by atoms with Gasteiger partial charge >= 0.3 is 18.1 Å². The predicted octanol–water partition coefficient (Wildman–Crippen LogP) is 3.34. The van der Waals surface area contributed by atoms with Crippen LogP contribution in [0.3, 0.4) is 0 Å². The lowest BCUT2D eigenvalue weighted by Gasteiger charge is -2.32. The Hall–Kier alpha value is -1.61. The van der Waals surface area contributed by atoms with E-state index in [1.807, 2.05) is 27.7 Å². The van der Waals surface area contributed by atoms with Gasteiger partial charge in [0, 0.05) is 31.2 Å². The average Bonchev–Trinajstić information content (AvgIpc) is 2.87. The lowest BCUT2D eigenvalue weighted by Crippen LogP contribution is -2.61. The number of likely N-dealkylation sites (tertiary alicyclic amines) is 1. The van der Waals surface area contributed by atoms with Gasteiger partial charge in [0.25, 0.3) is 0 Å². The second kappa shape index (κ2) is 9.73. The maximum Gasteiger partial charge on any atom is 0.521 e. The highest BCUT2D eigenvalue weighted by Gasteiger charge is 2.58. The molecule has 1 unspecified atom stereocenters. The highest BCUT2D eigenvalue weighted by Crippen LogP contribution is 2.33. The van der Waals surface area contributed by atoms with E-state index in [1.165, 1.54) is 6.92 Å². The zero-order valence-electron chi connectivity index (χ0n) is 17.8. The van der Waals surface area contributed by atoms with Gasteiger partial charge in [-0.25, -0.2) is 9.59 Å². The van der Waals surface area contributed by atoms with Crippen LogP contribution in [0.1, 0.15) is 54.9 Å². The Balaban J connectivity index is 2.99. The number of hydrogen-bond donors (Lipinski definition) is 1. The van der Waals surface area contributed by atoms with E-state index in [0.29, 0.717) is 6.42 Å². The van der Waals surface area contributed by atoms with Crippen LogP contribution in [0.25, 0.3) is 0 Å². The highest BCUT2D eigenvalue weighted by atomic mass is 32.2. The summed E-state index contributed by atoms with van der Waals surface area (Å²) < 4.78 is 4.82. The Morgan fingerprint density at radius 3 is 2.11 bits per heavy atom. The molecule has 1 aliphatic rings. The second-order valence-electron chi connectivity index (χ2n) is 8.06. The maximum atomic E-state index is 13.0. The molecule has 0 spiro atoms. The predicted molar refractivity (Wildman–Crippen MR) is 107 cm³/mol. The number of hydrogen-bond acceptors (Lipinski definition) is 6. The number of imide groups is 1. The third-order valence-corrected chi connectivity index (χ3v) is 6.21. The first-order valence-corrected chi connectivity index (χ1v) is 10.6. The van der Waals surface area contributed by atoms with Crippen molar-refractivity contribution in [3.8, 4) is 0 Å². The zero-order chi connectivity index (χ0) is 21.8. The highest BCUT2D eigenvalue weighted by molar-refractivity contribution is 8.13. The van der Waals surface area contributed by atoms with Gasteiger partial charge in [-0.3, -0.25) is 4.79 Å². The summed E-state index contributed by atoms with van der Waals surface area (Å²) in [7, 11) is 0. The van der Waals surface area contributed by atoms with Gasteiger partial charge in [0.1, 0.15) is 12.6 Å². The first-order chi connectivity index (χ1) is 12.8. The van der Waals surface area contributed by atoms with E-state index >= 15 is 0 Å². The van der Waals surface area contributed by atoms with E-state index in [9.17, 15) is 24.3 Å². The van der Waals surface area contributed by atoms with E-state index in [-0.39, 0.29) is 29.5 Å². The van der Waals surface area contributed by atoms with Gasteiger partial charge in [0.05, 0.1) is 5.92 Å². The van der Waals surface area contributed by atoms with Crippen molar-refractivity contribution in [2.24, 2.45) is 5.92 Å². The lowest BCUT2D eigenvalue weighted by atomic mass is 10.1. The van der Waals surface area contributed by atoms with Crippen molar-refractivity contribution < 1.29 is 33.5 Å². The van der Waals surface area contributed by atoms with Gasteiger partial charge in [-0.05, 0) is 41.5 Å². The van der Waals surface area contributed by atoms with Crippen molar-refractivity contribution in [2.45, 2.75) is 79.1 Å². The molecule has 1 rings (SSSR count). The Morgan fingerprint density at radius 2 is 1.68 bits per heavy atom. The number of quaternary nitrogens is 1. The van der Waals surface area contributed by atoms with E-state index in [0.717, 1.165) is 11.8 Å². The third kappa shape index (κ3) is 5.26. The molecule has 1 heterocycles. The Bertz CT molecular complexity index is 616. The summed E-state index contributed by atoms with van der Waals surface area (Å²) in [4.78, 5) is 50.5. The molecule has 0 aromatic carbocycles. The monoisotopic (exact) mass is 417 g/mol. The molecule has 3 amide bonds. The smallest absolute Gasteiger partial charge is 0.440 e. The summed E-state index contributed by atoms with van der Waals surface area (Å²) in [6.07, 6.45) is -2.11. The van der Waals surface area contributed by atoms with Gasteiger partial charge in [-0.2, -0.15) is 9.28 Å². The zero-order valence-corrected chi connectivity index (χ0v) is 18.6. The van der Waals surface area contributed by atoms with Crippen LogP contribution >= 0.6 is 11.8 Å². The first kappa shape index (κ1) is 24.4. The van der Waals surface area contributed by atoms with Crippen LogP contribution in [0.2, 0.25) is 0 Å². The number of carbonyl (C=O) groups is 4. The molecule has 4 atom stereocenters. The summed E-state index contributed by atoms with van der Waals surface area (Å²) in [6, 6.07) is -0.648. The van der Waals surface area contributed by atoms with Crippen molar-refractivity contribution in [1.82, 2.24) is 4.90 Å². The van der Waals surface area contributed by atoms with Crippen LogP contribution in [0.5, 0.6) is 0 Å². The van der Waals surface area contributed by atoms with Gasteiger partial charge in [0.2, 0.25) is 0 Å². The molecule has 9 heteroatoms. The van der Waals surface area contributed by atoms with Crippen LogP contribution in [0, 0.1) is 5.92 Å². The fourth-order valence-electron chi connectivity index (χ4n) is 3.82. The molecule has 0 aromatic heterocycles. The minimum atomic E-state index is -1.25. The Labute approximate surface area is 171 Å². The van der Waals surface area contributed by atoms with Gasteiger partial charge in [-0.15, -0.1) is 0 Å². The number of thioether (sulfide) groups is 1. The minimum Gasteiger partial charge on any atom is -0.440 e. The van der Waals surface area contributed by atoms with E-state index < -0.39 is 40.6 Å². The van der Waals surface area contributed by atoms with Gasteiger partial charge in [0.15, 0.2) is 11.2 Å². The molecule has 0 saturated carbocycles. The first-order valence-electron chi connectivity index (χ1n) is 9.62. The standard InChI is InChI=1S/C19H32N2O6S/c1-11(2)20(12(3)4)18(24)27-16-8-14(6)21(9-16,19(25)26)17(23)13(5)10-28-15(7)22/h11-14,16H,8-10H2,1-7H3/p+1/t13?,14-,16+,21-/m1/s1. The number of amides is 3. The lowest BCUT2D eigenvalue weighted by molar-refractivity contribution is -0.795. The summed E-state index contributed by atoms with van der Waals surface area (Å²) in [5, 5.41) is 9.78. The molecule has 8 nitrogen and oxygen atoms in total. The molecule has 1 saturated heterocycles. The molecule has 28 heavy (non-hydrogen) atoms. The topological polar surface area (TPSA) is 101 Å². The Morgan fingerprint density at radius 1 is 1.14 bits per heavy atom. The SMILES string of the molecule is CC(=O)SCC(C)C(=O)[N@@+]1(C(=O)O)C[C@@H](OC(=O)N(C(C)C)C(C)C)C[C@H]1C. The quantitative estimate of drug-likeness (QED) is 0.661. The van der Waals surface area contributed by atoms with E-state index in [1.54, 1.807) is 18.7 Å². The van der Waals surface area contributed by atoms with Crippen molar-refractivity contribution in [1.29, 1.82) is 0 Å². The molecular weight excluding hydrogens is 384 g/mol. The summed E-state index contributed by atoms with van der Waals surface area (Å²) in [5.41, 5.74) is 0. The van der Waals surface area contributed by atoms with Crippen LogP contribution in [-0.2, 0) is 14.3 Å². The molecule has 1 aliphatic heterocycles. The van der Waals surface area contributed by atoms with Crippen molar-refractivity contribution in [3.63, 3.8) is 0 Å². The number of ether oxygens (including phenoxy) is 1. The number of rotatable bonds is 6. The molecule has 0 radical (unpaired) electrons. The second-order valence-corrected chi connectivity index (χ2v) is 9.26. The fourth-order valence-corrected chi connectivity index (χ4v) is 4.45. The molecule has 0 aromatic rings. The summed E-state index contributed by atoms with van der Waals surface area (Å²) >= 11 is 1.01. The number of nitrogens with zero attached hydrogens (tertiary/aromatic N) is 2. The molecule has 0 aliphatic carbocycles. The largest absolute Gasteiger partial charge is 0.521 e. The van der Waals surface area contributed by atoms with Gasteiger partial charge in [-0.1, -0.05) is 11.8 Å². The maximum absolute atomic E-state index is 13.0. The molecule has 160 valence electrons. The third-order valence-electron chi connectivity index (χ3n) is 5.13. The molecule has 0 bridgehead atoms. The van der Waals surface area contributed by atoms with Crippen molar-refractivity contribution >= 4 is 35.0 Å². The summed E-state index contributed by atoms with van der Waals surface area (Å²) in [5.74, 6) is -0.839. The van der Waals surface area contributed by atoms with Crippen molar-refractivity contribution in [2.75, 3.05) is 12.3 Å². The van der Waals surface area contributed by atoms with Crippen LogP contribution in [-0.4, -0.2) is 74.2 Å². The molecular formula is C19H33N2O6S+. The Kier molecular flexibility index (Phi) is 8.49. The van der Waals surface area contributed by atoms with Gasteiger partial charge < -0.3 is 14.7 Å². The average molecular weight is 418 g/mol. The van der Waals surface area contributed by atoms with Crippen LogP contribution in [0.4, 0.5) is 9.59 Å². The molecule has 1 N–H and O–H groups in total. The fraction of sp³-hybridized carbons (Fsp3) is 0.789. The molecule has 1 fully saturated rings. The van der Waals surface area contributed by atoms with Crippen molar-refractivity contribution in [3.05, 3.63) is 0 Å². The summed E-state index contributed by atoms with van der Waals surface area (Å²) in [6.45, 7) is 12.2. The van der Waals surface area contributed by atoms with Crippen LogP contribution < -0.4 is 0 Å². The van der Waals surface area contributed by atoms with Crippen LogP contribution in [0.15, 0.2) is 0 Å². The number of carboxylic acid groups (broad SMARTS) is 1. The van der Waals surface area contributed by atoms with E-state index in [4.69, 9.17) is 4.74 Å². The van der Waals surface area contributed by atoms with E-state index in [2.05, 4.69) is 0 Å².